The molecule has 0 atom stereocenters. The summed E-state index contributed by atoms with van der Waals surface area (Å²) in [5.41, 5.74) is 2.03. The Hall–Kier alpha value is -2.28. The molecule has 0 fully saturated rings. The summed E-state index contributed by atoms with van der Waals surface area (Å²) in [7, 11) is 3.24. The standard InChI is InChI=1S/C19H28N4O2S/c1-7-20-18(21-11-17-23-16(12-26-17)19(2,3)4)22-13-8-9-14(24-5)15(10-13)25-6/h8-10,12H,7,11H2,1-6H3,(H2,20,21,22). The first-order chi connectivity index (χ1) is 12.4. The molecule has 0 bridgehead atoms. The molecule has 142 valence electrons. The van der Waals surface area contributed by atoms with Crippen molar-refractivity contribution in [1.29, 1.82) is 0 Å². The van der Waals surface area contributed by atoms with Gasteiger partial charge in [-0.1, -0.05) is 20.8 Å². The Morgan fingerprint density at radius 2 is 1.92 bits per heavy atom. The molecule has 2 aromatic rings. The third-order valence-corrected chi connectivity index (χ3v) is 4.52. The van der Waals surface area contributed by atoms with Gasteiger partial charge in [-0.25, -0.2) is 9.98 Å². The highest BCUT2D eigenvalue weighted by molar-refractivity contribution is 7.09. The van der Waals surface area contributed by atoms with Crippen LogP contribution in [0.25, 0.3) is 0 Å². The molecule has 1 heterocycles. The number of rotatable bonds is 6. The van der Waals surface area contributed by atoms with Gasteiger partial charge < -0.3 is 20.1 Å². The molecule has 0 aliphatic carbocycles. The highest BCUT2D eigenvalue weighted by atomic mass is 32.1. The van der Waals surface area contributed by atoms with Crippen molar-refractivity contribution < 1.29 is 9.47 Å². The Kier molecular flexibility index (Phi) is 6.85. The molecular formula is C19H28N4O2S. The third kappa shape index (κ3) is 5.36. The van der Waals surface area contributed by atoms with Crippen LogP contribution < -0.4 is 20.1 Å². The van der Waals surface area contributed by atoms with Crippen LogP contribution in [0.1, 0.15) is 38.4 Å². The minimum Gasteiger partial charge on any atom is -0.493 e. The minimum absolute atomic E-state index is 0.0564. The minimum atomic E-state index is 0.0564. The number of aliphatic imine (C=N–C) groups is 1. The van der Waals surface area contributed by atoms with E-state index in [1.54, 1.807) is 25.6 Å². The zero-order valence-electron chi connectivity index (χ0n) is 16.3. The summed E-state index contributed by atoms with van der Waals surface area (Å²) in [5.74, 6) is 2.06. The molecule has 2 N–H and O–H groups in total. The van der Waals surface area contributed by atoms with Gasteiger partial charge in [0.25, 0.3) is 0 Å². The van der Waals surface area contributed by atoms with E-state index in [4.69, 9.17) is 14.5 Å². The molecule has 0 spiro atoms. The first kappa shape index (κ1) is 20.0. The van der Waals surface area contributed by atoms with Crippen molar-refractivity contribution in [1.82, 2.24) is 10.3 Å². The molecule has 6 nitrogen and oxygen atoms in total. The topological polar surface area (TPSA) is 67.8 Å². The smallest absolute Gasteiger partial charge is 0.196 e. The van der Waals surface area contributed by atoms with Gasteiger partial charge in [-0.3, -0.25) is 0 Å². The second kappa shape index (κ2) is 8.89. The van der Waals surface area contributed by atoms with Gasteiger partial charge in [-0.15, -0.1) is 11.3 Å². The Labute approximate surface area is 159 Å². The number of nitrogens with zero attached hydrogens (tertiary/aromatic N) is 2. The molecule has 0 unspecified atom stereocenters. The summed E-state index contributed by atoms with van der Waals surface area (Å²) >= 11 is 1.64. The molecule has 0 saturated carbocycles. The number of ether oxygens (including phenoxy) is 2. The van der Waals surface area contributed by atoms with E-state index >= 15 is 0 Å². The molecule has 1 aromatic heterocycles. The maximum absolute atomic E-state index is 5.35. The van der Waals surface area contributed by atoms with Crippen LogP contribution in [-0.4, -0.2) is 31.7 Å². The second-order valence-corrected chi connectivity index (χ2v) is 7.71. The van der Waals surface area contributed by atoms with Crippen molar-refractivity contribution in [2.45, 2.75) is 39.7 Å². The molecule has 7 heteroatoms. The molecule has 0 radical (unpaired) electrons. The van der Waals surface area contributed by atoms with E-state index in [-0.39, 0.29) is 5.41 Å². The number of hydrogen-bond donors (Lipinski definition) is 2. The van der Waals surface area contributed by atoms with Crippen LogP contribution in [0.3, 0.4) is 0 Å². The lowest BCUT2D eigenvalue weighted by atomic mass is 9.93. The number of thiazole rings is 1. The van der Waals surface area contributed by atoms with E-state index in [2.05, 4.69) is 41.8 Å². The van der Waals surface area contributed by atoms with Gasteiger partial charge in [-0.2, -0.15) is 0 Å². The number of hydrogen-bond acceptors (Lipinski definition) is 5. The summed E-state index contributed by atoms with van der Waals surface area (Å²) in [6.07, 6.45) is 0. The van der Waals surface area contributed by atoms with Crippen LogP contribution in [-0.2, 0) is 12.0 Å². The van der Waals surface area contributed by atoms with Crippen molar-refractivity contribution in [3.63, 3.8) is 0 Å². The molecule has 0 aliphatic rings. The predicted octanol–water partition coefficient (Wildman–Crippen LogP) is 4.04. The highest BCUT2D eigenvalue weighted by Gasteiger charge is 2.17. The van der Waals surface area contributed by atoms with Gasteiger partial charge >= 0.3 is 0 Å². The molecule has 26 heavy (non-hydrogen) atoms. The summed E-state index contributed by atoms with van der Waals surface area (Å²) < 4.78 is 10.6. The number of anilines is 1. The van der Waals surface area contributed by atoms with E-state index in [0.717, 1.165) is 22.9 Å². The van der Waals surface area contributed by atoms with Crippen LogP contribution in [0.15, 0.2) is 28.6 Å². The number of guanidine groups is 1. The summed E-state index contributed by atoms with van der Waals surface area (Å²) in [4.78, 5) is 9.33. The maximum Gasteiger partial charge on any atom is 0.196 e. The van der Waals surface area contributed by atoms with E-state index < -0.39 is 0 Å². The molecule has 1 aromatic carbocycles. The lowest BCUT2D eigenvalue weighted by Crippen LogP contribution is -2.30. The SMILES string of the molecule is CCNC(=NCc1nc(C(C)(C)C)cs1)Nc1ccc(OC)c(OC)c1. The largest absolute Gasteiger partial charge is 0.493 e. The van der Waals surface area contributed by atoms with Crippen LogP contribution in [0.5, 0.6) is 11.5 Å². The Bertz CT molecular complexity index is 750. The van der Waals surface area contributed by atoms with Crippen molar-refractivity contribution in [3.8, 4) is 11.5 Å². The molecule has 0 saturated heterocycles. The summed E-state index contributed by atoms with van der Waals surface area (Å²) in [6, 6.07) is 5.67. The second-order valence-electron chi connectivity index (χ2n) is 6.77. The number of benzene rings is 1. The Balaban J connectivity index is 2.13. The summed E-state index contributed by atoms with van der Waals surface area (Å²) in [6.45, 7) is 9.83. The number of nitrogens with one attached hydrogen (secondary N) is 2. The third-order valence-electron chi connectivity index (χ3n) is 3.68. The fourth-order valence-electron chi connectivity index (χ4n) is 2.23. The lowest BCUT2D eigenvalue weighted by Gasteiger charge is -2.14. The Morgan fingerprint density at radius 1 is 1.19 bits per heavy atom. The van der Waals surface area contributed by atoms with Crippen molar-refractivity contribution in [2.24, 2.45) is 4.99 Å². The molecular weight excluding hydrogens is 348 g/mol. The molecule has 0 amide bonds. The molecule has 2 rings (SSSR count). The molecule has 0 aliphatic heterocycles. The van der Waals surface area contributed by atoms with E-state index in [1.807, 2.05) is 25.1 Å². The average molecular weight is 377 g/mol. The first-order valence-electron chi connectivity index (χ1n) is 8.59. The first-order valence-corrected chi connectivity index (χ1v) is 9.47. The van der Waals surface area contributed by atoms with E-state index in [9.17, 15) is 0 Å². The van der Waals surface area contributed by atoms with Crippen molar-refractivity contribution in [3.05, 3.63) is 34.3 Å². The lowest BCUT2D eigenvalue weighted by molar-refractivity contribution is 0.355. The maximum atomic E-state index is 5.35. The van der Waals surface area contributed by atoms with Crippen LogP contribution in [0.4, 0.5) is 5.69 Å². The van der Waals surface area contributed by atoms with Crippen molar-refractivity contribution in [2.75, 3.05) is 26.1 Å². The van der Waals surface area contributed by atoms with Gasteiger partial charge in [-0.05, 0) is 19.1 Å². The summed E-state index contributed by atoms with van der Waals surface area (Å²) in [5, 5.41) is 9.65. The Morgan fingerprint density at radius 3 is 2.50 bits per heavy atom. The quantitative estimate of drug-likeness (QED) is 0.588. The zero-order chi connectivity index (χ0) is 19.2. The fraction of sp³-hybridized carbons (Fsp3) is 0.474. The van der Waals surface area contributed by atoms with E-state index in [1.165, 1.54) is 0 Å². The van der Waals surface area contributed by atoms with Crippen LogP contribution in [0.2, 0.25) is 0 Å². The van der Waals surface area contributed by atoms with Gasteiger partial charge in [0, 0.05) is 29.1 Å². The monoisotopic (exact) mass is 376 g/mol. The van der Waals surface area contributed by atoms with Gasteiger partial charge in [0.15, 0.2) is 17.5 Å². The number of methoxy groups -OCH3 is 2. The predicted molar refractivity (Wildman–Crippen MR) is 109 cm³/mol. The zero-order valence-corrected chi connectivity index (χ0v) is 17.2. The normalized spacial score (nSPS) is 12.0. The number of aromatic nitrogens is 1. The average Bonchev–Trinajstić information content (AvgIpc) is 3.09. The fourth-order valence-corrected chi connectivity index (χ4v) is 3.18. The van der Waals surface area contributed by atoms with Gasteiger partial charge in [0.05, 0.1) is 26.5 Å². The highest BCUT2D eigenvalue weighted by Crippen LogP contribution is 2.29. The van der Waals surface area contributed by atoms with Crippen LogP contribution in [0, 0.1) is 0 Å². The van der Waals surface area contributed by atoms with Crippen molar-refractivity contribution >= 4 is 23.0 Å². The van der Waals surface area contributed by atoms with Gasteiger partial charge in [0.2, 0.25) is 0 Å². The van der Waals surface area contributed by atoms with Crippen LogP contribution >= 0.6 is 11.3 Å². The van der Waals surface area contributed by atoms with Gasteiger partial charge in [0.1, 0.15) is 5.01 Å². The van der Waals surface area contributed by atoms with E-state index in [0.29, 0.717) is 24.0 Å².